The largest absolute Gasteiger partial charge is 0.378 e. The van der Waals surface area contributed by atoms with Crippen LogP contribution in [0.4, 0.5) is 5.82 Å². The highest BCUT2D eigenvalue weighted by Crippen LogP contribution is 2.25. The topological polar surface area (TPSA) is 70.6 Å². The summed E-state index contributed by atoms with van der Waals surface area (Å²) in [5.74, 6) is 1.47. The third-order valence-electron chi connectivity index (χ3n) is 6.72. The van der Waals surface area contributed by atoms with Gasteiger partial charge in [0.25, 0.3) is 5.91 Å². The number of nitrogens with zero attached hydrogens (tertiary/aromatic N) is 4. The lowest BCUT2D eigenvalue weighted by molar-refractivity contribution is 0.0909. The lowest BCUT2D eigenvalue weighted by atomic mass is 10.0. The highest BCUT2D eigenvalue weighted by molar-refractivity contribution is 7.98. The number of likely N-dealkylation sites (tertiary alicyclic amines) is 1. The van der Waals surface area contributed by atoms with Crippen LogP contribution in [-0.2, 0) is 17.0 Å². The third-order valence-corrected chi connectivity index (χ3v) is 7.84. The molecule has 9 heteroatoms. The number of anilines is 1. The second-order valence-electron chi connectivity index (χ2n) is 9.43. The maximum absolute atomic E-state index is 13.0. The Balaban J connectivity index is 1.13. The molecule has 2 saturated heterocycles. The van der Waals surface area contributed by atoms with Gasteiger partial charge in [0.2, 0.25) is 0 Å². The van der Waals surface area contributed by atoms with Gasteiger partial charge in [-0.3, -0.25) is 9.69 Å². The van der Waals surface area contributed by atoms with Crippen LogP contribution in [0.1, 0.15) is 34.3 Å². The quantitative estimate of drug-likeness (QED) is 0.255. The molecule has 0 saturated carbocycles. The molecule has 1 amide bonds. The number of thioether (sulfide) groups is 1. The van der Waals surface area contributed by atoms with Gasteiger partial charge < -0.3 is 15.0 Å². The average molecular weight is 538 g/mol. The first-order chi connectivity index (χ1) is 18.1. The van der Waals surface area contributed by atoms with Crippen LogP contribution < -0.4 is 10.2 Å². The molecule has 2 aromatic carbocycles. The van der Waals surface area contributed by atoms with Gasteiger partial charge in [0.1, 0.15) is 11.0 Å². The molecule has 0 atom stereocenters. The predicted octanol–water partition coefficient (Wildman–Crippen LogP) is 4.65. The Hall–Kier alpha value is -2.65. The molecule has 1 N–H and O–H groups in total. The number of carbonyl (C=O) groups excluding carboxylic acids is 1. The summed E-state index contributed by atoms with van der Waals surface area (Å²) in [4.78, 5) is 26.7. The molecule has 194 valence electrons. The van der Waals surface area contributed by atoms with Gasteiger partial charge >= 0.3 is 0 Å². The van der Waals surface area contributed by atoms with E-state index in [2.05, 4.69) is 44.4 Å². The van der Waals surface area contributed by atoms with Crippen molar-refractivity contribution in [3.63, 3.8) is 0 Å². The molecular formula is C28H32ClN5O2S. The normalized spacial score (nSPS) is 17.1. The van der Waals surface area contributed by atoms with Crippen molar-refractivity contribution in [3.8, 4) is 0 Å². The molecule has 0 bridgehead atoms. The zero-order valence-corrected chi connectivity index (χ0v) is 22.4. The Morgan fingerprint density at radius 3 is 2.51 bits per heavy atom. The van der Waals surface area contributed by atoms with Gasteiger partial charge in [-0.25, -0.2) is 9.97 Å². The highest BCUT2D eigenvalue weighted by Gasteiger charge is 2.21. The van der Waals surface area contributed by atoms with Crippen molar-refractivity contribution in [1.82, 2.24) is 20.2 Å². The fraction of sp³-hybridized carbons (Fsp3) is 0.393. The minimum Gasteiger partial charge on any atom is -0.378 e. The molecule has 2 aliphatic heterocycles. The molecule has 2 aliphatic rings. The Labute approximate surface area is 227 Å². The van der Waals surface area contributed by atoms with E-state index in [0.717, 1.165) is 56.9 Å². The van der Waals surface area contributed by atoms with Crippen molar-refractivity contribution in [1.29, 1.82) is 0 Å². The van der Waals surface area contributed by atoms with Gasteiger partial charge in [-0.05, 0) is 36.1 Å². The molecule has 1 aromatic heterocycles. The third kappa shape index (κ3) is 7.45. The summed E-state index contributed by atoms with van der Waals surface area (Å²) in [5, 5.41) is 4.30. The van der Waals surface area contributed by atoms with Crippen LogP contribution >= 0.6 is 23.4 Å². The molecule has 37 heavy (non-hydrogen) atoms. The zero-order valence-electron chi connectivity index (χ0n) is 20.8. The number of morpholine rings is 1. The zero-order chi connectivity index (χ0) is 25.5. The number of hydrogen-bond acceptors (Lipinski definition) is 7. The molecule has 3 heterocycles. The smallest absolute Gasteiger partial charge is 0.251 e. The lowest BCUT2D eigenvalue weighted by Gasteiger charge is -2.32. The number of carbonyl (C=O) groups is 1. The standard InChI is InChI=1S/C28H32ClN5O2S/c29-25-18-26(34-13-15-36-16-14-34)32-28(31-25)37-20-22-7-4-8-23(17-22)27(35)30-24-9-11-33(12-10-24)19-21-5-2-1-3-6-21/h1-8,17-18,24H,9-16,19-20H2,(H,30,35). The summed E-state index contributed by atoms with van der Waals surface area (Å²) >= 11 is 7.80. The maximum Gasteiger partial charge on any atom is 0.251 e. The second-order valence-corrected chi connectivity index (χ2v) is 10.8. The van der Waals surface area contributed by atoms with E-state index in [1.165, 1.54) is 17.3 Å². The van der Waals surface area contributed by atoms with Crippen LogP contribution in [0, 0.1) is 0 Å². The summed E-state index contributed by atoms with van der Waals surface area (Å²) in [6.07, 6.45) is 1.93. The number of amides is 1. The van der Waals surface area contributed by atoms with Gasteiger partial charge in [0.05, 0.1) is 13.2 Å². The number of rotatable bonds is 8. The van der Waals surface area contributed by atoms with Crippen molar-refractivity contribution in [2.24, 2.45) is 0 Å². The predicted molar refractivity (Wildman–Crippen MR) is 148 cm³/mol. The van der Waals surface area contributed by atoms with Gasteiger partial charge in [0.15, 0.2) is 5.16 Å². The van der Waals surface area contributed by atoms with E-state index in [-0.39, 0.29) is 11.9 Å². The number of benzene rings is 2. The Morgan fingerprint density at radius 2 is 1.73 bits per heavy atom. The molecule has 0 unspecified atom stereocenters. The van der Waals surface area contributed by atoms with Crippen LogP contribution in [-0.4, -0.2) is 66.2 Å². The average Bonchev–Trinajstić information content (AvgIpc) is 2.94. The van der Waals surface area contributed by atoms with Gasteiger partial charge in [-0.15, -0.1) is 0 Å². The van der Waals surface area contributed by atoms with E-state index in [4.69, 9.17) is 21.3 Å². The lowest BCUT2D eigenvalue weighted by Crippen LogP contribution is -2.44. The van der Waals surface area contributed by atoms with Crippen molar-refractivity contribution >= 4 is 35.1 Å². The number of nitrogens with one attached hydrogen (secondary N) is 1. The number of hydrogen-bond donors (Lipinski definition) is 1. The minimum absolute atomic E-state index is 0.0121. The number of aromatic nitrogens is 2. The van der Waals surface area contributed by atoms with Crippen molar-refractivity contribution in [3.05, 3.63) is 82.5 Å². The Morgan fingerprint density at radius 1 is 0.973 bits per heavy atom. The number of piperidine rings is 1. The summed E-state index contributed by atoms with van der Waals surface area (Å²) in [6.45, 7) is 5.90. The molecule has 0 aliphatic carbocycles. The van der Waals surface area contributed by atoms with E-state index < -0.39 is 0 Å². The maximum atomic E-state index is 13.0. The number of ether oxygens (including phenoxy) is 1. The summed E-state index contributed by atoms with van der Waals surface area (Å²) < 4.78 is 5.43. The monoisotopic (exact) mass is 537 g/mol. The molecule has 0 radical (unpaired) electrons. The van der Waals surface area contributed by atoms with Crippen LogP contribution in [0.3, 0.4) is 0 Å². The molecule has 0 spiro atoms. The van der Waals surface area contributed by atoms with Crippen molar-refractivity contribution in [2.45, 2.75) is 36.3 Å². The molecular weight excluding hydrogens is 506 g/mol. The van der Waals surface area contributed by atoms with Gasteiger partial charge in [0, 0.05) is 56.1 Å². The van der Waals surface area contributed by atoms with E-state index in [9.17, 15) is 4.79 Å². The van der Waals surface area contributed by atoms with Crippen LogP contribution in [0.5, 0.6) is 0 Å². The summed E-state index contributed by atoms with van der Waals surface area (Å²) in [6, 6.07) is 20.4. The minimum atomic E-state index is -0.0121. The fourth-order valence-corrected chi connectivity index (χ4v) is 5.72. The molecule has 2 fully saturated rings. The van der Waals surface area contributed by atoms with Crippen molar-refractivity contribution in [2.75, 3.05) is 44.3 Å². The van der Waals surface area contributed by atoms with Crippen molar-refractivity contribution < 1.29 is 9.53 Å². The van der Waals surface area contributed by atoms with E-state index in [1.807, 2.05) is 30.3 Å². The van der Waals surface area contributed by atoms with Crippen LogP contribution in [0.2, 0.25) is 5.15 Å². The van der Waals surface area contributed by atoms with E-state index in [1.54, 1.807) is 6.07 Å². The van der Waals surface area contributed by atoms with E-state index in [0.29, 0.717) is 34.8 Å². The van der Waals surface area contributed by atoms with Gasteiger partial charge in [-0.1, -0.05) is 65.8 Å². The first kappa shape index (κ1) is 26.0. The van der Waals surface area contributed by atoms with Gasteiger partial charge in [-0.2, -0.15) is 0 Å². The Bertz CT molecular complexity index is 1180. The first-order valence-electron chi connectivity index (χ1n) is 12.8. The molecule has 3 aromatic rings. The molecule has 7 nitrogen and oxygen atoms in total. The Kier molecular flexibility index (Phi) is 8.94. The SMILES string of the molecule is O=C(NC1CCN(Cc2ccccc2)CC1)c1cccc(CSc2nc(Cl)cc(N3CCOCC3)n2)c1. The summed E-state index contributed by atoms with van der Waals surface area (Å²) in [5.41, 5.74) is 3.07. The number of halogens is 1. The first-order valence-corrected chi connectivity index (χ1v) is 14.1. The highest BCUT2D eigenvalue weighted by atomic mass is 35.5. The van der Waals surface area contributed by atoms with Crippen LogP contribution in [0.25, 0.3) is 0 Å². The van der Waals surface area contributed by atoms with Crippen LogP contribution in [0.15, 0.2) is 65.8 Å². The summed E-state index contributed by atoms with van der Waals surface area (Å²) in [7, 11) is 0. The fourth-order valence-electron chi connectivity index (χ4n) is 4.70. The van der Waals surface area contributed by atoms with E-state index >= 15 is 0 Å². The molecule has 5 rings (SSSR count). The second kappa shape index (κ2) is 12.7.